The van der Waals surface area contributed by atoms with E-state index in [4.69, 9.17) is 4.74 Å². The maximum Gasteiger partial charge on any atom is 0.292 e. The molecule has 1 aromatic carbocycles. The number of ether oxygens (including phenoxy) is 1. The van der Waals surface area contributed by atoms with Gasteiger partial charge in [-0.2, -0.15) is 10.2 Å². The van der Waals surface area contributed by atoms with Crippen LogP contribution in [0.15, 0.2) is 46.3 Å². The van der Waals surface area contributed by atoms with Gasteiger partial charge in [0.05, 0.1) is 29.8 Å². The fourth-order valence-corrected chi connectivity index (χ4v) is 3.79. The molecule has 0 aliphatic carbocycles. The van der Waals surface area contributed by atoms with E-state index in [9.17, 15) is 9.59 Å². The molecule has 8 nitrogen and oxygen atoms in total. The molecule has 2 aromatic heterocycles. The van der Waals surface area contributed by atoms with Crippen molar-refractivity contribution in [2.24, 2.45) is 5.10 Å². The van der Waals surface area contributed by atoms with Gasteiger partial charge in [0.15, 0.2) is 5.69 Å². The van der Waals surface area contributed by atoms with Gasteiger partial charge in [0.2, 0.25) is 0 Å². The molecule has 27 heavy (non-hydrogen) atoms. The molecule has 0 unspecified atom stereocenters. The van der Waals surface area contributed by atoms with E-state index < -0.39 is 5.91 Å². The van der Waals surface area contributed by atoms with Gasteiger partial charge in [-0.3, -0.25) is 9.59 Å². The van der Waals surface area contributed by atoms with Gasteiger partial charge in [0.25, 0.3) is 11.5 Å². The number of nitrogens with one attached hydrogen (secondary N) is 2. The Bertz CT molecular complexity index is 1050. The summed E-state index contributed by atoms with van der Waals surface area (Å²) in [6.45, 7) is 3.21. The molecule has 1 amide bonds. The number of hydrazone groups is 1. The fourth-order valence-electron chi connectivity index (χ4n) is 2.86. The Labute approximate surface area is 158 Å². The first-order chi connectivity index (χ1) is 13.2. The van der Waals surface area contributed by atoms with Gasteiger partial charge < -0.3 is 9.64 Å². The summed E-state index contributed by atoms with van der Waals surface area (Å²) in [4.78, 5) is 27.4. The molecule has 0 radical (unpaired) electrons. The highest BCUT2D eigenvalue weighted by molar-refractivity contribution is 7.17. The van der Waals surface area contributed by atoms with E-state index in [1.165, 1.54) is 0 Å². The summed E-state index contributed by atoms with van der Waals surface area (Å²) in [5.41, 5.74) is 2.26. The summed E-state index contributed by atoms with van der Waals surface area (Å²) < 4.78 is 5.36. The fraction of sp³-hybridized carbons (Fsp3) is 0.222. The average Bonchev–Trinajstić information content (AvgIpc) is 3.18. The minimum absolute atomic E-state index is 0.127. The largest absolute Gasteiger partial charge is 0.378 e. The molecule has 2 N–H and O–H groups in total. The number of morpholine rings is 1. The second kappa shape index (κ2) is 7.68. The minimum Gasteiger partial charge on any atom is -0.378 e. The van der Waals surface area contributed by atoms with Gasteiger partial charge in [-0.15, -0.1) is 11.3 Å². The van der Waals surface area contributed by atoms with Crippen LogP contribution in [0.3, 0.4) is 0 Å². The molecule has 1 saturated heterocycles. The van der Waals surface area contributed by atoms with E-state index in [1.807, 2.05) is 12.1 Å². The van der Waals surface area contributed by atoms with Gasteiger partial charge in [0.1, 0.15) is 0 Å². The number of anilines is 1. The molecule has 0 saturated carbocycles. The third kappa shape index (κ3) is 3.74. The number of thiophene rings is 1. The highest BCUT2D eigenvalue weighted by atomic mass is 32.1. The van der Waals surface area contributed by atoms with Crippen molar-refractivity contribution in [1.29, 1.82) is 0 Å². The standard InChI is InChI=1S/C18H17N5O3S/c24-17-14-4-2-1-3-13(14)16(20-22-17)18(25)21-19-11-12-5-6-15(27-12)23-7-9-26-10-8-23/h1-6,11H,7-10H2,(H,21,25)(H,22,24)/b19-11+. The SMILES string of the molecule is O=C(N/N=C/c1ccc(N2CCOCC2)s1)c1n[nH]c(=O)c2ccccc12. The number of fused-ring (bicyclic) bond motifs is 1. The number of carbonyl (C=O) groups is 1. The Morgan fingerprint density at radius 2 is 2.00 bits per heavy atom. The minimum atomic E-state index is -0.483. The zero-order valence-electron chi connectivity index (χ0n) is 14.3. The van der Waals surface area contributed by atoms with Gasteiger partial charge in [-0.1, -0.05) is 18.2 Å². The van der Waals surface area contributed by atoms with Crippen LogP contribution in [0.4, 0.5) is 5.00 Å². The van der Waals surface area contributed by atoms with Crippen LogP contribution in [-0.2, 0) is 4.74 Å². The molecular weight excluding hydrogens is 366 g/mol. The summed E-state index contributed by atoms with van der Waals surface area (Å²) in [6.07, 6.45) is 1.60. The number of carbonyl (C=O) groups excluding carboxylic acids is 1. The molecule has 138 valence electrons. The zero-order chi connectivity index (χ0) is 18.6. The molecule has 4 rings (SSSR count). The van der Waals surface area contributed by atoms with Crippen LogP contribution in [0.1, 0.15) is 15.4 Å². The quantitative estimate of drug-likeness (QED) is 0.526. The zero-order valence-corrected chi connectivity index (χ0v) is 15.2. The van der Waals surface area contributed by atoms with E-state index in [0.717, 1.165) is 36.2 Å². The number of benzene rings is 1. The Balaban J connectivity index is 1.46. The molecule has 3 aromatic rings. The molecule has 0 spiro atoms. The van der Waals surface area contributed by atoms with Crippen molar-refractivity contribution in [1.82, 2.24) is 15.6 Å². The smallest absolute Gasteiger partial charge is 0.292 e. The van der Waals surface area contributed by atoms with E-state index in [2.05, 4.69) is 25.6 Å². The number of hydrogen-bond acceptors (Lipinski definition) is 7. The third-order valence-electron chi connectivity index (χ3n) is 4.20. The van der Waals surface area contributed by atoms with E-state index in [0.29, 0.717) is 10.8 Å². The lowest BCUT2D eigenvalue weighted by atomic mass is 10.1. The third-order valence-corrected chi connectivity index (χ3v) is 5.28. The van der Waals surface area contributed by atoms with Crippen molar-refractivity contribution >= 4 is 39.2 Å². The van der Waals surface area contributed by atoms with Crippen molar-refractivity contribution in [3.05, 3.63) is 57.3 Å². The van der Waals surface area contributed by atoms with E-state index in [1.54, 1.807) is 41.8 Å². The van der Waals surface area contributed by atoms with Gasteiger partial charge in [-0.25, -0.2) is 10.5 Å². The number of amides is 1. The summed E-state index contributed by atoms with van der Waals surface area (Å²) in [5.74, 6) is -0.483. The molecule has 3 heterocycles. The monoisotopic (exact) mass is 383 g/mol. The molecule has 0 atom stereocenters. The summed E-state index contributed by atoms with van der Waals surface area (Å²) in [7, 11) is 0. The predicted octanol–water partition coefficient (Wildman–Crippen LogP) is 1.59. The highest BCUT2D eigenvalue weighted by Gasteiger charge is 2.14. The number of nitrogens with zero attached hydrogens (tertiary/aromatic N) is 3. The molecule has 9 heteroatoms. The van der Waals surface area contributed by atoms with Crippen molar-refractivity contribution in [2.45, 2.75) is 0 Å². The van der Waals surface area contributed by atoms with Crippen LogP contribution < -0.4 is 15.9 Å². The number of aromatic nitrogens is 2. The summed E-state index contributed by atoms with van der Waals surface area (Å²) in [5, 5.41) is 12.3. The lowest BCUT2D eigenvalue weighted by molar-refractivity contribution is 0.0951. The van der Waals surface area contributed by atoms with Crippen LogP contribution in [0, 0.1) is 0 Å². The predicted molar refractivity (Wildman–Crippen MR) is 105 cm³/mol. The van der Waals surface area contributed by atoms with Gasteiger partial charge in [0, 0.05) is 23.4 Å². The molecule has 1 aliphatic rings. The first-order valence-electron chi connectivity index (χ1n) is 8.46. The van der Waals surface area contributed by atoms with Crippen molar-refractivity contribution < 1.29 is 9.53 Å². The number of hydrogen-bond donors (Lipinski definition) is 2. The van der Waals surface area contributed by atoms with Gasteiger partial charge in [-0.05, 0) is 18.2 Å². The van der Waals surface area contributed by atoms with Crippen molar-refractivity contribution in [2.75, 3.05) is 31.2 Å². The molecule has 1 aliphatic heterocycles. The number of aromatic amines is 1. The molecular formula is C18H17N5O3S. The molecule has 0 bridgehead atoms. The Hall–Kier alpha value is -3.04. The average molecular weight is 383 g/mol. The summed E-state index contributed by atoms with van der Waals surface area (Å²) in [6, 6.07) is 10.8. The first kappa shape index (κ1) is 17.4. The second-order valence-electron chi connectivity index (χ2n) is 5.92. The van der Waals surface area contributed by atoms with E-state index in [-0.39, 0.29) is 11.3 Å². The van der Waals surface area contributed by atoms with Crippen molar-refractivity contribution in [3.63, 3.8) is 0 Å². The van der Waals surface area contributed by atoms with Crippen LogP contribution in [0.5, 0.6) is 0 Å². The Kier molecular flexibility index (Phi) is 4.95. The normalized spacial score (nSPS) is 14.7. The lowest BCUT2D eigenvalue weighted by Crippen LogP contribution is -2.35. The summed E-state index contributed by atoms with van der Waals surface area (Å²) >= 11 is 1.60. The first-order valence-corrected chi connectivity index (χ1v) is 9.27. The highest BCUT2D eigenvalue weighted by Crippen LogP contribution is 2.25. The van der Waals surface area contributed by atoms with Crippen LogP contribution in [0.25, 0.3) is 10.8 Å². The van der Waals surface area contributed by atoms with Crippen LogP contribution >= 0.6 is 11.3 Å². The maximum absolute atomic E-state index is 12.4. The second-order valence-corrected chi connectivity index (χ2v) is 7.02. The number of H-pyrrole nitrogens is 1. The number of rotatable bonds is 4. The lowest BCUT2D eigenvalue weighted by Gasteiger charge is -2.27. The Morgan fingerprint density at radius 3 is 2.81 bits per heavy atom. The van der Waals surface area contributed by atoms with Crippen LogP contribution in [-0.4, -0.2) is 48.6 Å². The van der Waals surface area contributed by atoms with E-state index >= 15 is 0 Å². The van der Waals surface area contributed by atoms with Crippen molar-refractivity contribution in [3.8, 4) is 0 Å². The van der Waals surface area contributed by atoms with Crippen LogP contribution in [0.2, 0.25) is 0 Å². The topological polar surface area (TPSA) is 99.7 Å². The maximum atomic E-state index is 12.4. The Morgan fingerprint density at radius 1 is 1.22 bits per heavy atom. The molecule has 1 fully saturated rings. The van der Waals surface area contributed by atoms with Gasteiger partial charge >= 0.3 is 0 Å².